The third kappa shape index (κ3) is 5.15. The van der Waals surface area contributed by atoms with Gasteiger partial charge in [0.25, 0.3) is 5.91 Å². The van der Waals surface area contributed by atoms with Gasteiger partial charge in [-0.2, -0.15) is 0 Å². The maximum absolute atomic E-state index is 13.0. The van der Waals surface area contributed by atoms with Crippen molar-refractivity contribution in [1.82, 2.24) is 10.3 Å². The second-order valence-corrected chi connectivity index (χ2v) is 5.01. The van der Waals surface area contributed by atoms with Gasteiger partial charge in [0, 0.05) is 24.4 Å². The average molecular weight is 343 g/mol. The number of carbonyl (C=O) groups excluding carboxylic acids is 1. The summed E-state index contributed by atoms with van der Waals surface area (Å²) in [6.07, 6.45) is 0.365. The van der Waals surface area contributed by atoms with E-state index >= 15 is 0 Å². The number of hydrogen-bond acceptors (Lipinski definition) is 4. The highest BCUT2D eigenvalue weighted by Gasteiger charge is 2.11. The summed E-state index contributed by atoms with van der Waals surface area (Å²) in [5.41, 5.74) is 0.304. The number of aliphatic hydroxyl groups is 1. The van der Waals surface area contributed by atoms with Gasteiger partial charge in [-0.25, -0.2) is 13.8 Å². The van der Waals surface area contributed by atoms with Crippen LogP contribution < -0.4 is 10.1 Å². The minimum atomic E-state index is -1.04. The zero-order valence-electron chi connectivity index (χ0n) is 11.8. The molecule has 1 aromatic heterocycles. The normalized spacial score (nSPS) is 11.8. The Morgan fingerprint density at radius 1 is 1.30 bits per heavy atom. The van der Waals surface area contributed by atoms with Gasteiger partial charge >= 0.3 is 0 Å². The summed E-state index contributed by atoms with van der Waals surface area (Å²) >= 11 is 5.68. The molecule has 2 rings (SSSR count). The fraction of sp³-hybridized carbons (Fsp3) is 0.200. The molecule has 1 heterocycles. The monoisotopic (exact) mass is 342 g/mol. The predicted octanol–water partition coefficient (Wildman–Crippen LogP) is 2.18. The minimum absolute atomic E-state index is 0.0789. The van der Waals surface area contributed by atoms with E-state index in [0.29, 0.717) is 5.56 Å². The lowest BCUT2D eigenvalue weighted by atomic mass is 10.2. The predicted molar refractivity (Wildman–Crippen MR) is 79.4 cm³/mol. The van der Waals surface area contributed by atoms with Crippen LogP contribution in [0.2, 0.25) is 5.15 Å². The van der Waals surface area contributed by atoms with E-state index in [1.165, 1.54) is 24.4 Å². The fourth-order valence-electron chi connectivity index (χ4n) is 1.67. The molecule has 1 aromatic carbocycles. The first-order valence-electron chi connectivity index (χ1n) is 6.61. The molecule has 8 heteroatoms. The van der Waals surface area contributed by atoms with Gasteiger partial charge in [0.15, 0.2) is 11.6 Å². The second-order valence-electron chi connectivity index (χ2n) is 4.62. The molecule has 2 aromatic rings. The average Bonchev–Trinajstić information content (AvgIpc) is 2.53. The number of nitrogens with one attached hydrogen (secondary N) is 1. The van der Waals surface area contributed by atoms with Gasteiger partial charge in [-0.15, -0.1) is 0 Å². The maximum atomic E-state index is 13.0. The van der Waals surface area contributed by atoms with Crippen LogP contribution in [0.15, 0.2) is 36.5 Å². The topological polar surface area (TPSA) is 71.5 Å². The molecule has 1 atom stereocenters. The summed E-state index contributed by atoms with van der Waals surface area (Å²) in [6, 6.07) is 5.90. The first-order chi connectivity index (χ1) is 11.0. The largest absolute Gasteiger partial charge is 0.491 e. The van der Waals surface area contributed by atoms with Crippen LogP contribution in [0.25, 0.3) is 0 Å². The Balaban J connectivity index is 1.79. The van der Waals surface area contributed by atoms with Crippen molar-refractivity contribution in [3.05, 3.63) is 58.9 Å². The number of aliphatic hydroxyl groups excluding tert-OH is 1. The van der Waals surface area contributed by atoms with Gasteiger partial charge in [0.2, 0.25) is 0 Å². The lowest BCUT2D eigenvalue weighted by Crippen LogP contribution is -2.35. The standard InChI is InChI=1S/C15H13ClF2N2O3/c16-14-5-9(3-4-19-14)15(22)20-7-10(21)8-23-11-1-2-12(17)13(18)6-11/h1-6,10,21H,7-8H2,(H,20,22)/t10-/m1/s1. The third-order valence-electron chi connectivity index (χ3n) is 2.82. The number of aromatic nitrogens is 1. The van der Waals surface area contributed by atoms with Gasteiger partial charge in [-0.1, -0.05) is 11.6 Å². The molecule has 122 valence electrons. The molecule has 0 saturated heterocycles. The van der Waals surface area contributed by atoms with Gasteiger partial charge in [0.05, 0.1) is 0 Å². The lowest BCUT2D eigenvalue weighted by Gasteiger charge is -2.13. The van der Waals surface area contributed by atoms with E-state index in [-0.39, 0.29) is 24.1 Å². The molecule has 0 aliphatic carbocycles. The molecule has 0 spiro atoms. The second kappa shape index (κ2) is 7.85. The Labute approximate surface area is 135 Å². The van der Waals surface area contributed by atoms with Crippen LogP contribution in [0.3, 0.4) is 0 Å². The summed E-state index contributed by atoms with van der Waals surface area (Å²) in [4.78, 5) is 15.6. The molecule has 23 heavy (non-hydrogen) atoms. The molecule has 0 aliphatic heterocycles. The van der Waals surface area contributed by atoms with Gasteiger partial charge in [-0.3, -0.25) is 4.79 Å². The molecule has 0 saturated carbocycles. The number of nitrogens with zero attached hydrogens (tertiary/aromatic N) is 1. The van der Waals surface area contributed by atoms with Crippen LogP contribution >= 0.6 is 11.6 Å². The molecule has 1 amide bonds. The van der Waals surface area contributed by atoms with Crippen molar-refractivity contribution in [2.75, 3.05) is 13.2 Å². The van der Waals surface area contributed by atoms with Crippen LogP contribution in [-0.2, 0) is 0 Å². The number of hydrogen-bond donors (Lipinski definition) is 2. The number of ether oxygens (including phenoxy) is 1. The molecular formula is C15H13ClF2N2O3. The minimum Gasteiger partial charge on any atom is -0.491 e. The summed E-state index contributed by atoms with van der Waals surface area (Å²) in [5, 5.41) is 12.4. The SMILES string of the molecule is O=C(NC[C@@H](O)COc1ccc(F)c(F)c1)c1ccnc(Cl)c1. The Bertz CT molecular complexity index is 700. The summed E-state index contributed by atoms with van der Waals surface area (Å²) in [7, 11) is 0. The number of benzene rings is 1. The van der Waals surface area contributed by atoms with E-state index in [1.807, 2.05) is 0 Å². The highest BCUT2D eigenvalue weighted by molar-refractivity contribution is 6.29. The Hall–Kier alpha value is -2.25. The van der Waals surface area contributed by atoms with Crippen LogP contribution in [0, 0.1) is 11.6 Å². The number of carbonyl (C=O) groups is 1. The van der Waals surface area contributed by atoms with Crippen molar-refractivity contribution in [3.63, 3.8) is 0 Å². The molecule has 2 N–H and O–H groups in total. The number of halogens is 3. The lowest BCUT2D eigenvalue weighted by molar-refractivity contribution is 0.0843. The zero-order chi connectivity index (χ0) is 16.8. The molecule has 0 unspecified atom stereocenters. The number of rotatable bonds is 6. The van der Waals surface area contributed by atoms with Crippen LogP contribution in [0.5, 0.6) is 5.75 Å². The van der Waals surface area contributed by atoms with Crippen molar-refractivity contribution in [2.45, 2.75) is 6.10 Å². The molecule has 0 fully saturated rings. The van der Waals surface area contributed by atoms with E-state index < -0.39 is 23.6 Å². The number of pyridine rings is 1. The Kier molecular flexibility index (Phi) is 5.84. The molecule has 5 nitrogen and oxygen atoms in total. The first kappa shape index (κ1) is 17.1. The molecule has 0 bridgehead atoms. The fourth-order valence-corrected chi connectivity index (χ4v) is 1.85. The molecule has 0 radical (unpaired) electrons. The molecule has 0 aliphatic rings. The highest BCUT2D eigenvalue weighted by Crippen LogP contribution is 2.15. The highest BCUT2D eigenvalue weighted by atomic mass is 35.5. The van der Waals surface area contributed by atoms with E-state index in [9.17, 15) is 18.7 Å². The first-order valence-corrected chi connectivity index (χ1v) is 6.99. The van der Waals surface area contributed by atoms with Crippen LogP contribution in [0.4, 0.5) is 8.78 Å². The summed E-state index contributed by atoms with van der Waals surface area (Å²) in [6.45, 7) is -0.273. The van der Waals surface area contributed by atoms with Crippen molar-refractivity contribution in [2.24, 2.45) is 0 Å². The van der Waals surface area contributed by atoms with E-state index in [1.54, 1.807) is 0 Å². The van der Waals surface area contributed by atoms with Crippen LogP contribution in [-0.4, -0.2) is 35.3 Å². The van der Waals surface area contributed by atoms with Crippen molar-refractivity contribution in [3.8, 4) is 5.75 Å². The van der Waals surface area contributed by atoms with Crippen molar-refractivity contribution < 1.29 is 23.4 Å². The third-order valence-corrected chi connectivity index (χ3v) is 3.03. The van der Waals surface area contributed by atoms with Gasteiger partial charge < -0.3 is 15.2 Å². The van der Waals surface area contributed by atoms with Crippen molar-refractivity contribution >= 4 is 17.5 Å². The Morgan fingerprint density at radius 3 is 2.78 bits per heavy atom. The Morgan fingerprint density at radius 2 is 2.09 bits per heavy atom. The van der Waals surface area contributed by atoms with Gasteiger partial charge in [-0.05, 0) is 24.3 Å². The molecular weight excluding hydrogens is 330 g/mol. The number of amides is 1. The van der Waals surface area contributed by atoms with E-state index in [4.69, 9.17) is 16.3 Å². The summed E-state index contributed by atoms with van der Waals surface area (Å²) in [5.74, 6) is -2.38. The van der Waals surface area contributed by atoms with E-state index in [0.717, 1.165) is 12.1 Å². The zero-order valence-corrected chi connectivity index (χ0v) is 12.6. The summed E-state index contributed by atoms with van der Waals surface area (Å²) < 4.78 is 30.9. The maximum Gasteiger partial charge on any atom is 0.251 e. The van der Waals surface area contributed by atoms with Crippen LogP contribution in [0.1, 0.15) is 10.4 Å². The van der Waals surface area contributed by atoms with E-state index in [2.05, 4.69) is 10.3 Å². The quantitative estimate of drug-likeness (QED) is 0.789. The van der Waals surface area contributed by atoms with Crippen molar-refractivity contribution in [1.29, 1.82) is 0 Å². The smallest absolute Gasteiger partial charge is 0.251 e. The van der Waals surface area contributed by atoms with Gasteiger partial charge in [0.1, 0.15) is 23.6 Å².